The molecule has 3 rings (SSSR count). The maximum Gasteiger partial charge on any atom is 0.295 e. The molecular weight excluding hydrogens is 270 g/mol. The molecular formula is C15H17N3O3. The molecule has 1 aromatic carbocycles. The number of nitrogens with zero attached hydrogens (tertiary/aromatic N) is 3. The first-order valence-corrected chi connectivity index (χ1v) is 7.12. The Hall–Kier alpha value is -2.21. The van der Waals surface area contributed by atoms with Crippen LogP contribution in [0.25, 0.3) is 10.9 Å². The molecule has 1 aromatic heterocycles. The van der Waals surface area contributed by atoms with E-state index in [-0.39, 0.29) is 12.3 Å². The largest absolute Gasteiger partial charge is 0.395 e. The summed E-state index contributed by atoms with van der Waals surface area (Å²) >= 11 is 0. The van der Waals surface area contributed by atoms with E-state index in [1.54, 1.807) is 18.3 Å². The van der Waals surface area contributed by atoms with Crippen LogP contribution in [0.5, 0.6) is 0 Å². The van der Waals surface area contributed by atoms with E-state index >= 15 is 0 Å². The highest BCUT2D eigenvalue weighted by Crippen LogP contribution is 2.36. The predicted octanol–water partition coefficient (Wildman–Crippen LogP) is 2.49. The maximum atomic E-state index is 11.1. The van der Waals surface area contributed by atoms with Crippen molar-refractivity contribution in [3.8, 4) is 0 Å². The summed E-state index contributed by atoms with van der Waals surface area (Å²) in [7, 11) is 0. The lowest BCUT2D eigenvalue weighted by atomic mass is 9.90. The highest BCUT2D eigenvalue weighted by molar-refractivity contribution is 5.97. The molecule has 0 amide bonds. The smallest absolute Gasteiger partial charge is 0.295 e. The lowest BCUT2D eigenvalue weighted by Crippen LogP contribution is -2.42. The Balaban J connectivity index is 2.13. The van der Waals surface area contributed by atoms with Crippen LogP contribution in [0.3, 0.4) is 0 Å². The van der Waals surface area contributed by atoms with E-state index in [0.717, 1.165) is 23.9 Å². The lowest BCUT2D eigenvalue weighted by molar-refractivity contribution is -0.383. The van der Waals surface area contributed by atoms with E-state index in [1.807, 2.05) is 6.07 Å². The SMILES string of the molecule is O=[N+]([O-])c1ccc(N(CCO)C2CCC2)c2cccnc12. The number of anilines is 1. The topological polar surface area (TPSA) is 79.5 Å². The number of nitro benzene ring substituents is 1. The van der Waals surface area contributed by atoms with Gasteiger partial charge in [0.25, 0.3) is 5.69 Å². The third-order valence-corrected chi connectivity index (χ3v) is 4.09. The number of aromatic nitrogens is 1. The number of aliphatic hydroxyl groups is 1. The van der Waals surface area contributed by atoms with Gasteiger partial charge in [0.2, 0.25) is 0 Å². The van der Waals surface area contributed by atoms with Crippen molar-refractivity contribution in [1.29, 1.82) is 0 Å². The van der Waals surface area contributed by atoms with E-state index in [0.29, 0.717) is 18.1 Å². The van der Waals surface area contributed by atoms with Crippen LogP contribution in [0.1, 0.15) is 19.3 Å². The van der Waals surface area contributed by atoms with Gasteiger partial charge >= 0.3 is 0 Å². The molecule has 0 bridgehead atoms. The summed E-state index contributed by atoms with van der Waals surface area (Å²) in [6.45, 7) is 0.599. The van der Waals surface area contributed by atoms with Gasteiger partial charge in [0.1, 0.15) is 5.52 Å². The first-order valence-electron chi connectivity index (χ1n) is 7.12. The Bertz CT molecular complexity index is 670. The minimum atomic E-state index is -0.404. The van der Waals surface area contributed by atoms with Crippen LogP contribution in [-0.4, -0.2) is 34.2 Å². The zero-order chi connectivity index (χ0) is 14.8. The molecule has 0 unspecified atom stereocenters. The molecule has 0 spiro atoms. The molecule has 2 aromatic rings. The van der Waals surface area contributed by atoms with Crippen LogP contribution in [0.15, 0.2) is 30.5 Å². The number of non-ortho nitro benzene ring substituents is 1. The molecule has 0 saturated heterocycles. The van der Waals surface area contributed by atoms with Crippen LogP contribution in [0.4, 0.5) is 11.4 Å². The van der Waals surface area contributed by atoms with Gasteiger partial charge in [-0.3, -0.25) is 10.1 Å². The molecule has 110 valence electrons. The minimum absolute atomic E-state index is 0.0203. The average molecular weight is 287 g/mol. The van der Waals surface area contributed by atoms with Crippen molar-refractivity contribution < 1.29 is 10.0 Å². The summed E-state index contributed by atoms with van der Waals surface area (Å²) < 4.78 is 0. The standard InChI is InChI=1S/C15H17N3O3/c19-10-9-17(11-3-1-4-11)13-6-7-14(18(20)21)15-12(13)5-2-8-16-15/h2,5-8,11,19H,1,3-4,9-10H2. The van der Waals surface area contributed by atoms with Crippen LogP contribution in [0.2, 0.25) is 0 Å². The Morgan fingerprint density at radius 1 is 1.38 bits per heavy atom. The van der Waals surface area contributed by atoms with Crippen molar-refractivity contribution in [2.75, 3.05) is 18.1 Å². The highest BCUT2D eigenvalue weighted by Gasteiger charge is 2.27. The average Bonchev–Trinajstić information content (AvgIpc) is 2.43. The summed E-state index contributed by atoms with van der Waals surface area (Å²) in [6.07, 6.45) is 4.95. The second-order valence-corrected chi connectivity index (χ2v) is 5.26. The summed E-state index contributed by atoms with van der Waals surface area (Å²) in [5.41, 5.74) is 1.34. The van der Waals surface area contributed by atoms with Gasteiger partial charge in [-0.25, -0.2) is 4.98 Å². The van der Waals surface area contributed by atoms with Crippen molar-refractivity contribution in [2.45, 2.75) is 25.3 Å². The highest BCUT2D eigenvalue weighted by atomic mass is 16.6. The third-order valence-electron chi connectivity index (χ3n) is 4.09. The molecule has 1 saturated carbocycles. The number of aliphatic hydroxyl groups excluding tert-OH is 1. The summed E-state index contributed by atoms with van der Waals surface area (Å²) in [5.74, 6) is 0. The van der Waals surface area contributed by atoms with Crippen LogP contribution in [0, 0.1) is 10.1 Å². The third kappa shape index (κ3) is 2.42. The molecule has 1 aliphatic rings. The van der Waals surface area contributed by atoms with E-state index in [1.165, 1.54) is 12.5 Å². The molecule has 6 heteroatoms. The maximum absolute atomic E-state index is 11.1. The Kier molecular flexibility index (Phi) is 3.70. The first kappa shape index (κ1) is 13.8. The fourth-order valence-corrected chi connectivity index (χ4v) is 2.85. The summed E-state index contributed by atoms with van der Waals surface area (Å²) in [6, 6.07) is 7.33. The van der Waals surface area contributed by atoms with E-state index in [2.05, 4.69) is 9.88 Å². The zero-order valence-electron chi connectivity index (χ0n) is 11.6. The fourth-order valence-electron chi connectivity index (χ4n) is 2.85. The van der Waals surface area contributed by atoms with Gasteiger partial charge in [0.05, 0.1) is 11.5 Å². The fraction of sp³-hybridized carbons (Fsp3) is 0.400. The number of benzene rings is 1. The normalized spacial score (nSPS) is 14.9. The number of fused-ring (bicyclic) bond motifs is 1. The number of nitro groups is 1. The second kappa shape index (κ2) is 5.65. The van der Waals surface area contributed by atoms with Crippen molar-refractivity contribution in [2.24, 2.45) is 0 Å². The van der Waals surface area contributed by atoms with Gasteiger partial charge in [-0.15, -0.1) is 0 Å². The number of hydrogen-bond donors (Lipinski definition) is 1. The molecule has 1 fully saturated rings. The monoisotopic (exact) mass is 287 g/mol. The van der Waals surface area contributed by atoms with Crippen molar-refractivity contribution >= 4 is 22.3 Å². The first-order chi connectivity index (χ1) is 10.2. The predicted molar refractivity (Wildman–Crippen MR) is 80.5 cm³/mol. The van der Waals surface area contributed by atoms with Crippen LogP contribution >= 0.6 is 0 Å². The van der Waals surface area contributed by atoms with Gasteiger partial charge in [0, 0.05) is 35.9 Å². The zero-order valence-corrected chi connectivity index (χ0v) is 11.6. The van der Waals surface area contributed by atoms with Gasteiger partial charge < -0.3 is 10.0 Å². The van der Waals surface area contributed by atoms with Crippen molar-refractivity contribution in [3.63, 3.8) is 0 Å². The quantitative estimate of drug-likeness (QED) is 0.675. The van der Waals surface area contributed by atoms with E-state index < -0.39 is 4.92 Å². The summed E-state index contributed by atoms with van der Waals surface area (Å²) in [4.78, 5) is 17.1. The van der Waals surface area contributed by atoms with Gasteiger partial charge in [0.15, 0.2) is 0 Å². The Morgan fingerprint density at radius 2 is 2.19 bits per heavy atom. The Morgan fingerprint density at radius 3 is 2.81 bits per heavy atom. The van der Waals surface area contributed by atoms with Crippen molar-refractivity contribution in [3.05, 3.63) is 40.6 Å². The second-order valence-electron chi connectivity index (χ2n) is 5.26. The lowest BCUT2D eigenvalue weighted by Gasteiger charge is -2.39. The number of rotatable bonds is 5. The number of hydrogen-bond acceptors (Lipinski definition) is 5. The molecule has 21 heavy (non-hydrogen) atoms. The molecule has 0 radical (unpaired) electrons. The molecule has 0 aliphatic heterocycles. The van der Waals surface area contributed by atoms with E-state index in [4.69, 9.17) is 0 Å². The Labute approximate surface area is 122 Å². The molecule has 6 nitrogen and oxygen atoms in total. The number of pyridine rings is 1. The van der Waals surface area contributed by atoms with Crippen LogP contribution in [-0.2, 0) is 0 Å². The summed E-state index contributed by atoms with van der Waals surface area (Å²) in [5, 5.41) is 21.2. The van der Waals surface area contributed by atoms with Crippen molar-refractivity contribution in [1.82, 2.24) is 4.98 Å². The van der Waals surface area contributed by atoms with Crippen LogP contribution < -0.4 is 4.90 Å². The molecule has 1 heterocycles. The minimum Gasteiger partial charge on any atom is -0.395 e. The molecule has 0 atom stereocenters. The van der Waals surface area contributed by atoms with Gasteiger partial charge in [-0.2, -0.15) is 0 Å². The molecule has 1 N–H and O–H groups in total. The van der Waals surface area contributed by atoms with Gasteiger partial charge in [-0.05, 0) is 37.5 Å². The molecule has 1 aliphatic carbocycles. The van der Waals surface area contributed by atoms with E-state index in [9.17, 15) is 15.2 Å². The van der Waals surface area contributed by atoms with Gasteiger partial charge in [-0.1, -0.05) is 0 Å².